The van der Waals surface area contributed by atoms with Gasteiger partial charge in [0.1, 0.15) is 0 Å². The average molecular weight is 463 g/mol. The van der Waals surface area contributed by atoms with Crippen molar-refractivity contribution in [3.8, 4) is 0 Å². The minimum absolute atomic E-state index is 0.0124. The van der Waals surface area contributed by atoms with Crippen LogP contribution in [0.25, 0.3) is 21.8 Å². The quantitative estimate of drug-likeness (QED) is 0.421. The maximum Gasteiger partial charge on any atom is 0.469 e. The molecule has 3 rings (SSSR count). The molecule has 0 aliphatic heterocycles. The van der Waals surface area contributed by atoms with Crippen molar-refractivity contribution in [1.29, 1.82) is 0 Å². The van der Waals surface area contributed by atoms with Crippen LogP contribution < -0.4 is 0 Å². The van der Waals surface area contributed by atoms with Crippen LogP contribution in [-0.4, -0.2) is 21.0 Å². The van der Waals surface area contributed by atoms with Crippen LogP contribution in [-0.2, 0) is 15.6 Å². The standard InChI is InChI=1S/C15H14Br2NO4P/c16-10-2-4-14-12(8-10)13-9-11(17)3-5-15(13)18(14)6-1-7-22-23(19,20)21/h2-5,8-9H,1,6-7H2,(H2,19,20,21). The Balaban J connectivity index is 1.99. The highest BCUT2D eigenvalue weighted by Crippen LogP contribution is 2.36. The van der Waals surface area contributed by atoms with Gasteiger partial charge in [0, 0.05) is 37.3 Å². The summed E-state index contributed by atoms with van der Waals surface area (Å²) in [4.78, 5) is 17.5. The van der Waals surface area contributed by atoms with Gasteiger partial charge in [0.25, 0.3) is 0 Å². The first-order valence-electron chi connectivity index (χ1n) is 6.92. The first-order chi connectivity index (χ1) is 10.8. The van der Waals surface area contributed by atoms with Gasteiger partial charge < -0.3 is 14.4 Å². The molecule has 0 unspecified atom stereocenters. The van der Waals surface area contributed by atoms with Crippen LogP contribution in [0.2, 0.25) is 0 Å². The molecular weight excluding hydrogens is 449 g/mol. The van der Waals surface area contributed by atoms with Gasteiger partial charge in [-0.25, -0.2) is 4.57 Å². The summed E-state index contributed by atoms with van der Waals surface area (Å²) in [6, 6.07) is 12.2. The molecule has 2 aromatic carbocycles. The summed E-state index contributed by atoms with van der Waals surface area (Å²) in [5.41, 5.74) is 2.16. The number of phosphoric acid groups is 1. The Morgan fingerprint density at radius 3 is 2.00 bits per heavy atom. The molecule has 8 heteroatoms. The lowest BCUT2D eigenvalue weighted by atomic mass is 10.2. The minimum atomic E-state index is -4.40. The van der Waals surface area contributed by atoms with Crippen LogP contribution in [0.4, 0.5) is 0 Å². The Kier molecular flexibility index (Phi) is 4.97. The monoisotopic (exact) mass is 461 g/mol. The van der Waals surface area contributed by atoms with Gasteiger partial charge in [-0.05, 0) is 42.8 Å². The molecule has 0 radical (unpaired) electrons. The lowest BCUT2D eigenvalue weighted by Crippen LogP contribution is -2.01. The summed E-state index contributed by atoms with van der Waals surface area (Å²) in [6.45, 7) is 0.627. The predicted molar refractivity (Wildman–Crippen MR) is 97.5 cm³/mol. The van der Waals surface area contributed by atoms with E-state index in [1.807, 2.05) is 24.3 Å². The fourth-order valence-corrected chi connectivity index (χ4v) is 3.78. The molecule has 0 atom stereocenters. The average Bonchev–Trinajstić information content (AvgIpc) is 2.75. The van der Waals surface area contributed by atoms with E-state index in [1.165, 1.54) is 0 Å². The van der Waals surface area contributed by atoms with E-state index in [1.54, 1.807) is 0 Å². The third-order valence-corrected chi connectivity index (χ3v) is 5.08. The molecule has 5 nitrogen and oxygen atoms in total. The number of nitrogens with zero attached hydrogens (tertiary/aromatic N) is 1. The van der Waals surface area contributed by atoms with Crippen molar-refractivity contribution in [2.24, 2.45) is 0 Å². The molecule has 1 heterocycles. The summed E-state index contributed by atoms with van der Waals surface area (Å²) >= 11 is 7.01. The van der Waals surface area contributed by atoms with E-state index in [9.17, 15) is 4.57 Å². The molecule has 23 heavy (non-hydrogen) atoms. The molecule has 2 N–H and O–H groups in total. The summed E-state index contributed by atoms with van der Waals surface area (Å²) in [6.07, 6.45) is 0.510. The van der Waals surface area contributed by atoms with Crippen molar-refractivity contribution in [3.63, 3.8) is 0 Å². The molecule has 0 fully saturated rings. The Hall–Kier alpha value is -0.690. The van der Waals surface area contributed by atoms with Gasteiger partial charge in [0.15, 0.2) is 0 Å². The third kappa shape index (κ3) is 3.87. The van der Waals surface area contributed by atoms with Crippen molar-refractivity contribution in [2.45, 2.75) is 13.0 Å². The van der Waals surface area contributed by atoms with Crippen LogP contribution in [0.5, 0.6) is 0 Å². The molecule has 122 valence electrons. The van der Waals surface area contributed by atoms with E-state index in [-0.39, 0.29) is 6.61 Å². The fraction of sp³-hybridized carbons (Fsp3) is 0.200. The zero-order valence-electron chi connectivity index (χ0n) is 11.9. The summed E-state index contributed by atoms with van der Waals surface area (Å²) < 4.78 is 19.4. The summed E-state index contributed by atoms with van der Waals surface area (Å²) in [5, 5.41) is 2.26. The Morgan fingerprint density at radius 2 is 1.52 bits per heavy atom. The zero-order valence-corrected chi connectivity index (χ0v) is 16.0. The highest BCUT2D eigenvalue weighted by Gasteiger charge is 2.14. The fourth-order valence-electron chi connectivity index (χ4n) is 2.70. The number of phosphoric ester groups is 1. The number of benzene rings is 2. The molecule has 0 saturated heterocycles. The SMILES string of the molecule is O=P(O)(O)OCCCn1c2ccc(Br)cc2c2cc(Br)ccc21. The second kappa shape index (κ2) is 6.67. The largest absolute Gasteiger partial charge is 0.469 e. The Bertz CT molecular complexity index is 859. The minimum Gasteiger partial charge on any atom is -0.340 e. The molecule has 0 aliphatic carbocycles. The number of hydrogen-bond donors (Lipinski definition) is 2. The number of fused-ring (bicyclic) bond motifs is 3. The van der Waals surface area contributed by atoms with Crippen molar-refractivity contribution in [2.75, 3.05) is 6.61 Å². The highest BCUT2D eigenvalue weighted by molar-refractivity contribution is 9.10. The predicted octanol–water partition coefficient (Wildman–Crippen LogP) is 4.82. The van der Waals surface area contributed by atoms with Gasteiger partial charge in [-0.15, -0.1) is 0 Å². The highest BCUT2D eigenvalue weighted by atomic mass is 79.9. The first kappa shape index (κ1) is 17.1. The maximum atomic E-state index is 10.7. The van der Waals surface area contributed by atoms with Crippen LogP contribution in [0.1, 0.15) is 6.42 Å². The van der Waals surface area contributed by atoms with Crippen molar-refractivity contribution < 1.29 is 18.9 Å². The number of rotatable bonds is 5. The molecular formula is C15H14Br2NO4P. The van der Waals surface area contributed by atoms with E-state index in [0.29, 0.717) is 13.0 Å². The smallest absolute Gasteiger partial charge is 0.340 e. The molecule has 1 aromatic heterocycles. The Labute approximate surface area is 149 Å². The van der Waals surface area contributed by atoms with Gasteiger partial charge in [0.05, 0.1) is 6.61 Å². The maximum absolute atomic E-state index is 10.7. The van der Waals surface area contributed by atoms with Gasteiger partial charge >= 0.3 is 7.82 Å². The zero-order chi connectivity index (χ0) is 16.6. The lowest BCUT2D eigenvalue weighted by molar-refractivity contribution is 0.192. The third-order valence-electron chi connectivity index (χ3n) is 3.57. The molecule has 0 spiro atoms. The molecule has 3 aromatic rings. The van der Waals surface area contributed by atoms with E-state index >= 15 is 0 Å². The second-order valence-corrected chi connectivity index (χ2v) is 8.22. The van der Waals surface area contributed by atoms with E-state index in [0.717, 1.165) is 30.8 Å². The van der Waals surface area contributed by atoms with E-state index in [2.05, 4.69) is 53.1 Å². The number of hydrogen-bond acceptors (Lipinski definition) is 2. The van der Waals surface area contributed by atoms with E-state index in [4.69, 9.17) is 9.79 Å². The second-order valence-electron chi connectivity index (χ2n) is 5.15. The van der Waals surface area contributed by atoms with Gasteiger partial charge in [-0.3, -0.25) is 4.52 Å². The number of aryl methyl sites for hydroxylation is 1. The van der Waals surface area contributed by atoms with Crippen LogP contribution in [0.3, 0.4) is 0 Å². The van der Waals surface area contributed by atoms with Crippen LogP contribution in [0, 0.1) is 0 Å². The first-order valence-corrected chi connectivity index (χ1v) is 10.0. The lowest BCUT2D eigenvalue weighted by Gasteiger charge is -2.09. The van der Waals surface area contributed by atoms with Gasteiger partial charge in [-0.2, -0.15) is 0 Å². The topological polar surface area (TPSA) is 71.7 Å². The van der Waals surface area contributed by atoms with Crippen molar-refractivity contribution in [3.05, 3.63) is 45.3 Å². The molecule has 0 saturated carbocycles. The van der Waals surface area contributed by atoms with Crippen LogP contribution >= 0.6 is 39.7 Å². The molecule has 0 bridgehead atoms. The molecule has 0 aliphatic rings. The molecule has 0 amide bonds. The van der Waals surface area contributed by atoms with Crippen LogP contribution in [0.15, 0.2) is 45.3 Å². The summed E-state index contributed by atoms with van der Waals surface area (Å²) in [5.74, 6) is 0. The van der Waals surface area contributed by atoms with Crippen molar-refractivity contribution >= 4 is 61.5 Å². The number of halogens is 2. The van der Waals surface area contributed by atoms with Gasteiger partial charge in [-0.1, -0.05) is 31.9 Å². The normalized spacial score (nSPS) is 12.3. The van der Waals surface area contributed by atoms with Gasteiger partial charge in [0.2, 0.25) is 0 Å². The van der Waals surface area contributed by atoms with Crippen molar-refractivity contribution in [1.82, 2.24) is 4.57 Å². The van der Waals surface area contributed by atoms with E-state index < -0.39 is 7.82 Å². The number of aromatic nitrogens is 1. The summed E-state index contributed by atoms with van der Waals surface area (Å²) in [7, 11) is -4.40. The Morgan fingerprint density at radius 1 is 1.00 bits per heavy atom.